The van der Waals surface area contributed by atoms with Gasteiger partial charge in [0, 0.05) is 0 Å². The Bertz CT molecular complexity index is 1380. The zero-order valence-corrected chi connectivity index (χ0v) is 16.8. The Kier molecular flexibility index (Phi) is 5.85. The number of aromatic carboxylic acids is 1. The molecule has 0 aliphatic carbocycles. The summed E-state index contributed by atoms with van der Waals surface area (Å²) in [4.78, 5) is 41.3. The minimum Gasteiger partial charge on any atom is -0.478 e. The fraction of sp³-hybridized carbons (Fsp3) is 0.0417. The third kappa shape index (κ3) is 4.44. The highest BCUT2D eigenvalue weighted by Crippen LogP contribution is 2.10. The first-order chi connectivity index (χ1) is 15.5. The number of carboxylic acid groups (broad SMARTS) is 1. The molecule has 0 saturated heterocycles. The highest BCUT2D eigenvalue weighted by Gasteiger charge is 2.17. The van der Waals surface area contributed by atoms with E-state index in [2.05, 4.69) is 15.5 Å². The summed E-state index contributed by atoms with van der Waals surface area (Å²) in [6.07, 6.45) is 1.38. The lowest BCUT2D eigenvalue weighted by Gasteiger charge is -2.12. The molecule has 2 N–H and O–H groups in total. The number of rotatable bonds is 6. The van der Waals surface area contributed by atoms with Crippen LogP contribution in [0.2, 0.25) is 0 Å². The molecule has 1 amide bonds. The van der Waals surface area contributed by atoms with Crippen molar-refractivity contribution in [3.63, 3.8) is 0 Å². The van der Waals surface area contributed by atoms with Crippen molar-refractivity contribution in [3.8, 4) is 0 Å². The van der Waals surface area contributed by atoms with Gasteiger partial charge in [-0.25, -0.2) is 15.2 Å². The first-order valence-electron chi connectivity index (χ1n) is 9.73. The van der Waals surface area contributed by atoms with E-state index in [1.54, 1.807) is 36.4 Å². The molecular weight excluding hydrogens is 408 g/mol. The van der Waals surface area contributed by atoms with Crippen LogP contribution in [0.25, 0.3) is 10.9 Å². The molecule has 4 rings (SSSR count). The van der Waals surface area contributed by atoms with Gasteiger partial charge in [0.1, 0.15) is 0 Å². The number of carbonyl (C=O) groups is 2. The first kappa shape index (κ1) is 20.7. The van der Waals surface area contributed by atoms with Crippen molar-refractivity contribution in [2.75, 3.05) is 0 Å². The highest BCUT2D eigenvalue weighted by atomic mass is 16.4. The maximum absolute atomic E-state index is 13.1. The minimum atomic E-state index is -1.03. The molecule has 0 radical (unpaired) electrons. The maximum Gasteiger partial charge on any atom is 0.335 e. The summed E-state index contributed by atoms with van der Waals surface area (Å²) in [6.45, 7) is 0.181. The summed E-state index contributed by atoms with van der Waals surface area (Å²) in [5.41, 5.74) is 4.09. The summed E-state index contributed by atoms with van der Waals surface area (Å²) in [5.74, 6) is -1.72. The van der Waals surface area contributed by atoms with Gasteiger partial charge in [-0.1, -0.05) is 54.6 Å². The van der Waals surface area contributed by atoms with E-state index in [-0.39, 0.29) is 23.5 Å². The Labute approximate surface area is 182 Å². The molecule has 0 saturated carbocycles. The summed E-state index contributed by atoms with van der Waals surface area (Å²) >= 11 is 0. The van der Waals surface area contributed by atoms with Crippen LogP contribution >= 0.6 is 0 Å². The van der Waals surface area contributed by atoms with Gasteiger partial charge in [0.15, 0.2) is 0 Å². The number of aromatic nitrogens is 2. The summed E-state index contributed by atoms with van der Waals surface area (Å²) in [5, 5.41) is 13.3. The standard InChI is InChI=1S/C24H18N4O4/c29-22(27-25-14-16-10-12-18(13-11-16)24(31)32)21-26-20-9-5-4-8-19(20)23(30)28(21)15-17-6-2-1-3-7-17/h1-14H,15H2,(H,27,29)(H,31,32)/b25-14-. The molecule has 0 unspecified atom stereocenters. The highest BCUT2D eigenvalue weighted by molar-refractivity contribution is 5.94. The molecular formula is C24H18N4O4. The summed E-state index contributed by atoms with van der Waals surface area (Å²) in [7, 11) is 0. The number of fused-ring (bicyclic) bond motifs is 1. The molecule has 0 bridgehead atoms. The van der Waals surface area contributed by atoms with Crippen LogP contribution in [-0.2, 0) is 6.54 Å². The van der Waals surface area contributed by atoms with E-state index in [9.17, 15) is 14.4 Å². The van der Waals surface area contributed by atoms with Gasteiger partial charge in [-0.3, -0.25) is 14.2 Å². The lowest BCUT2D eigenvalue weighted by atomic mass is 10.1. The van der Waals surface area contributed by atoms with Crippen LogP contribution in [0.15, 0.2) is 88.8 Å². The number of para-hydroxylation sites is 1. The summed E-state index contributed by atoms with van der Waals surface area (Å²) < 4.78 is 1.32. The van der Waals surface area contributed by atoms with Crippen molar-refractivity contribution in [2.24, 2.45) is 5.10 Å². The first-order valence-corrected chi connectivity index (χ1v) is 9.73. The molecule has 32 heavy (non-hydrogen) atoms. The van der Waals surface area contributed by atoms with Crippen molar-refractivity contribution < 1.29 is 14.7 Å². The van der Waals surface area contributed by atoms with Gasteiger partial charge >= 0.3 is 11.9 Å². The largest absolute Gasteiger partial charge is 0.478 e. The van der Waals surface area contributed by atoms with Gasteiger partial charge in [0.2, 0.25) is 5.82 Å². The zero-order valence-electron chi connectivity index (χ0n) is 16.8. The second-order valence-electron chi connectivity index (χ2n) is 6.96. The predicted octanol–water partition coefficient (Wildman–Crippen LogP) is 2.91. The van der Waals surface area contributed by atoms with Gasteiger partial charge in [-0.15, -0.1) is 0 Å². The Balaban J connectivity index is 1.64. The van der Waals surface area contributed by atoms with Crippen LogP contribution in [0.3, 0.4) is 0 Å². The van der Waals surface area contributed by atoms with Crippen LogP contribution < -0.4 is 11.0 Å². The smallest absolute Gasteiger partial charge is 0.335 e. The molecule has 1 heterocycles. The average molecular weight is 426 g/mol. The molecule has 158 valence electrons. The molecule has 3 aromatic carbocycles. The normalized spacial score (nSPS) is 11.0. The lowest BCUT2D eigenvalue weighted by Crippen LogP contribution is -2.32. The third-order valence-corrected chi connectivity index (χ3v) is 4.79. The van der Waals surface area contributed by atoms with Crippen molar-refractivity contribution in [2.45, 2.75) is 6.54 Å². The lowest BCUT2D eigenvalue weighted by molar-refractivity contribution is 0.0696. The number of hydrogen-bond acceptors (Lipinski definition) is 5. The van der Waals surface area contributed by atoms with Crippen molar-refractivity contribution in [1.82, 2.24) is 15.0 Å². The molecule has 8 nitrogen and oxygen atoms in total. The average Bonchev–Trinajstić information content (AvgIpc) is 2.81. The van der Waals surface area contributed by atoms with Crippen LogP contribution in [0, 0.1) is 0 Å². The van der Waals surface area contributed by atoms with E-state index in [1.165, 1.54) is 22.9 Å². The SMILES string of the molecule is O=C(O)c1ccc(/C=N\NC(=O)c2nc3ccccc3c(=O)n2Cc2ccccc2)cc1. The van der Waals surface area contributed by atoms with Gasteiger partial charge < -0.3 is 5.11 Å². The zero-order chi connectivity index (χ0) is 22.5. The minimum absolute atomic E-state index is 0.0593. The second kappa shape index (κ2) is 9.05. The molecule has 1 aromatic heterocycles. The number of nitrogens with one attached hydrogen (secondary N) is 1. The fourth-order valence-electron chi connectivity index (χ4n) is 3.18. The number of hydrogen-bond donors (Lipinski definition) is 2. The van der Waals surface area contributed by atoms with Gasteiger partial charge in [-0.05, 0) is 35.4 Å². The third-order valence-electron chi connectivity index (χ3n) is 4.79. The fourth-order valence-corrected chi connectivity index (χ4v) is 3.18. The van der Waals surface area contributed by atoms with E-state index >= 15 is 0 Å². The quantitative estimate of drug-likeness (QED) is 0.364. The maximum atomic E-state index is 13.1. The van der Waals surface area contributed by atoms with Crippen LogP contribution in [-0.4, -0.2) is 32.7 Å². The predicted molar refractivity (Wildman–Crippen MR) is 120 cm³/mol. The summed E-state index contributed by atoms with van der Waals surface area (Å²) in [6, 6.07) is 22.2. The Morgan fingerprint density at radius 3 is 2.38 bits per heavy atom. The Morgan fingerprint density at radius 2 is 1.66 bits per heavy atom. The van der Waals surface area contributed by atoms with Crippen molar-refractivity contribution in [1.29, 1.82) is 0 Å². The van der Waals surface area contributed by atoms with Gasteiger partial charge in [-0.2, -0.15) is 5.10 Å². The molecule has 0 spiro atoms. The van der Waals surface area contributed by atoms with E-state index < -0.39 is 11.9 Å². The van der Waals surface area contributed by atoms with E-state index in [0.717, 1.165) is 5.56 Å². The molecule has 0 aliphatic heterocycles. The molecule has 0 aliphatic rings. The molecule has 0 fully saturated rings. The number of carboxylic acids is 1. The van der Waals surface area contributed by atoms with Crippen molar-refractivity contribution >= 4 is 29.0 Å². The van der Waals surface area contributed by atoms with E-state index in [1.807, 2.05) is 30.3 Å². The van der Waals surface area contributed by atoms with Gasteiger partial charge in [0.25, 0.3) is 5.56 Å². The number of benzene rings is 3. The Morgan fingerprint density at radius 1 is 0.969 bits per heavy atom. The number of nitrogens with zero attached hydrogens (tertiary/aromatic N) is 3. The topological polar surface area (TPSA) is 114 Å². The number of amides is 1. The Hall–Kier alpha value is -4.59. The van der Waals surface area contributed by atoms with Crippen LogP contribution in [0.4, 0.5) is 0 Å². The van der Waals surface area contributed by atoms with E-state index in [0.29, 0.717) is 16.5 Å². The second-order valence-corrected chi connectivity index (χ2v) is 6.96. The van der Waals surface area contributed by atoms with Crippen LogP contribution in [0.5, 0.6) is 0 Å². The number of carbonyl (C=O) groups excluding carboxylic acids is 1. The molecule has 4 aromatic rings. The number of hydrazone groups is 1. The van der Waals surface area contributed by atoms with E-state index in [4.69, 9.17) is 5.11 Å². The van der Waals surface area contributed by atoms with Crippen molar-refractivity contribution in [3.05, 3.63) is 112 Å². The van der Waals surface area contributed by atoms with Gasteiger partial charge in [0.05, 0.1) is 29.2 Å². The molecule has 0 atom stereocenters. The molecule has 8 heteroatoms. The monoisotopic (exact) mass is 426 g/mol. The van der Waals surface area contributed by atoms with Crippen LogP contribution in [0.1, 0.15) is 32.1 Å².